The molecule has 0 unspecified atom stereocenters. The predicted octanol–water partition coefficient (Wildman–Crippen LogP) is 2.67. The molecule has 0 bridgehead atoms. The standard InChI is InChI=1S/C11H12BrNO2/c12-9-8(1-6-15-9)10(14)13-5-4-11(7-13)2-3-11/h1,6H,2-5,7H2. The number of furan rings is 1. The number of hydrogen-bond acceptors (Lipinski definition) is 2. The molecule has 0 atom stereocenters. The summed E-state index contributed by atoms with van der Waals surface area (Å²) < 4.78 is 5.63. The highest BCUT2D eigenvalue weighted by Gasteiger charge is 2.49. The number of nitrogens with zero attached hydrogens (tertiary/aromatic N) is 1. The molecule has 1 aromatic heterocycles. The van der Waals surface area contributed by atoms with E-state index in [9.17, 15) is 4.79 Å². The molecule has 0 aromatic carbocycles. The van der Waals surface area contributed by atoms with E-state index in [2.05, 4.69) is 15.9 Å². The molecule has 1 aromatic rings. The van der Waals surface area contributed by atoms with Gasteiger partial charge in [-0.2, -0.15) is 0 Å². The molecular formula is C11H12BrNO2. The summed E-state index contributed by atoms with van der Waals surface area (Å²) in [7, 11) is 0. The van der Waals surface area contributed by atoms with E-state index in [0.717, 1.165) is 13.1 Å². The zero-order chi connectivity index (χ0) is 10.5. The maximum absolute atomic E-state index is 12.1. The average molecular weight is 270 g/mol. The molecule has 1 spiro atoms. The van der Waals surface area contributed by atoms with Gasteiger partial charge in [-0.05, 0) is 46.7 Å². The Kier molecular flexibility index (Phi) is 1.96. The number of carbonyl (C=O) groups is 1. The van der Waals surface area contributed by atoms with Gasteiger partial charge in [-0.3, -0.25) is 4.79 Å². The molecule has 1 aliphatic heterocycles. The van der Waals surface area contributed by atoms with Gasteiger partial charge in [-0.15, -0.1) is 0 Å². The quantitative estimate of drug-likeness (QED) is 0.786. The first kappa shape index (κ1) is 9.46. The largest absolute Gasteiger partial charge is 0.457 e. The number of halogens is 1. The molecule has 2 aliphatic rings. The number of hydrogen-bond donors (Lipinski definition) is 0. The minimum absolute atomic E-state index is 0.0967. The first-order valence-electron chi connectivity index (χ1n) is 5.23. The zero-order valence-electron chi connectivity index (χ0n) is 8.33. The normalized spacial score (nSPS) is 22.3. The SMILES string of the molecule is O=C(c1ccoc1Br)N1CCC2(CC2)C1. The highest BCUT2D eigenvalue weighted by atomic mass is 79.9. The minimum atomic E-state index is 0.0967. The van der Waals surface area contributed by atoms with Crippen LogP contribution >= 0.6 is 15.9 Å². The van der Waals surface area contributed by atoms with Crippen LogP contribution in [0.3, 0.4) is 0 Å². The molecule has 2 heterocycles. The lowest BCUT2D eigenvalue weighted by Crippen LogP contribution is -2.28. The maximum Gasteiger partial charge on any atom is 0.258 e. The van der Waals surface area contributed by atoms with Gasteiger partial charge in [0.25, 0.3) is 5.91 Å². The van der Waals surface area contributed by atoms with Crippen LogP contribution in [0.1, 0.15) is 29.6 Å². The van der Waals surface area contributed by atoms with Gasteiger partial charge in [0, 0.05) is 13.1 Å². The van der Waals surface area contributed by atoms with E-state index in [1.165, 1.54) is 19.3 Å². The number of likely N-dealkylation sites (tertiary alicyclic amines) is 1. The van der Waals surface area contributed by atoms with Crippen LogP contribution in [-0.4, -0.2) is 23.9 Å². The second kappa shape index (κ2) is 3.11. The molecule has 0 radical (unpaired) electrons. The Morgan fingerprint density at radius 1 is 1.47 bits per heavy atom. The molecule has 3 nitrogen and oxygen atoms in total. The maximum atomic E-state index is 12.1. The topological polar surface area (TPSA) is 33.5 Å². The summed E-state index contributed by atoms with van der Waals surface area (Å²) in [5.41, 5.74) is 1.14. The van der Waals surface area contributed by atoms with E-state index >= 15 is 0 Å². The summed E-state index contributed by atoms with van der Waals surface area (Å²) in [6.07, 6.45) is 5.31. The second-order valence-corrected chi connectivity index (χ2v) is 5.30. The van der Waals surface area contributed by atoms with Crippen molar-refractivity contribution in [1.82, 2.24) is 4.90 Å². The third kappa shape index (κ3) is 1.51. The Morgan fingerprint density at radius 3 is 2.80 bits per heavy atom. The molecule has 1 saturated carbocycles. The van der Waals surface area contributed by atoms with Crippen molar-refractivity contribution in [3.8, 4) is 0 Å². The number of carbonyl (C=O) groups excluding carboxylic acids is 1. The molecule has 1 aliphatic carbocycles. The molecule has 3 rings (SSSR count). The highest BCUT2D eigenvalue weighted by molar-refractivity contribution is 9.10. The molecule has 15 heavy (non-hydrogen) atoms. The van der Waals surface area contributed by atoms with Gasteiger partial charge >= 0.3 is 0 Å². The van der Waals surface area contributed by atoms with Crippen molar-refractivity contribution in [2.45, 2.75) is 19.3 Å². The third-order valence-corrected chi connectivity index (χ3v) is 4.15. The first-order valence-corrected chi connectivity index (χ1v) is 6.02. The van der Waals surface area contributed by atoms with E-state index in [-0.39, 0.29) is 5.91 Å². The summed E-state index contributed by atoms with van der Waals surface area (Å²) in [4.78, 5) is 14.0. The van der Waals surface area contributed by atoms with Crippen LogP contribution in [0.2, 0.25) is 0 Å². The van der Waals surface area contributed by atoms with Crippen molar-refractivity contribution in [2.24, 2.45) is 5.41 Å². The van der Waals surface area contributed by atoms with Crippen molar-refractivity contribution in [3.05, 3.63) is 22.6 Å². The van der Waals surface area contributed by atoms with Crippen LogP contribution in [0.5, 0.6) is 0 Å². The summed E-state index contributed by atoms with van der Waals surface area (Å²) >= 11 is 3.24. The lowest BCUT2D eigenvalue weighted by molar-refractivity contribution is 0.0783. The van der Waals surface area contributed by atoms with Crippen molar-refractivity contribution in [2.75, 3.05) is 13.1 Å². The van der Waals surface area contributed by atoms with E-state index in [1.807, 2.05) is 4.90 Å². The summed E-state index contributed by atoms with van der Waals surface area (Å²) in [6.45, 7) is 1.83. The van der Waals surface area contributed by atoms with Gasteiger partial charge in [0.1, 0.15) is 0 Å². The van der Waals surface area contributed by atoms with Crippen LogP contribution in [0.15, 0.2) is 21.4 Å². The summed E-state index contributed by atoms with van der Waals surface area (Å²) in [6, 6.07) is 1.73. The van der Waals surface area contributed by atoms with Crippen LogP contribution in [0.4, 0.5) is 0 Å². The Hall–Kier alpha value is -0.770. The van der Waals surface area contributed by atoms with E-state index in [4.69, 9.17) is 4.42 Å². The van der Waals surface area contributed by atoms with Gasteiger partial charge in [0.2, 0.25) is 0 Å². The fourth-order valence-corrected chi connectivity index (χ4v) is 2.72. The molecule has 1 saturated heterocycles. The summed E-state index contributed by atoms with van der Waals surface area (Å²) in [5, 5.41) is 0. The lowest BCUT2D eigenvalue weighted by Gasteiger charge is -2.15. The zero-order valence-corrected chi connectivity index (χ0v) is 9.92. The van der Waals surface area contributed by atoms with Crippen molar-refractivity contribution in [3.63, 3.8) is 0 Å². The van der Waals surface area contributed by atoms with E-state index in [0.29, 0.717) is 15.6 Å². The Morgan fingerprint density at radius 2 is 2.27 bits per heavy atom. The van der Waals surface area contributed by atoms with Crippen LogP contribution < -0.4 is 0 Å². The molecule has 4 heteroatoms. The van der Waals surface area contributed by atoms with Crippen molar-refractivity contribution >= 4 is 21.8 Å². The fourth-order valence-electron chi connectivity index (χ4n) is 2.31. The van der Waals surface area contributed by atoms with E-state index < -0.39 is 0 Å². The Balaban J connectivity index is 1.78. The Bertz CT molecular complexity index is 408. The van der Waals surface area contributed by atoms with Crippen LogP contribution in [0, 0.1) is 5.41 Å². The number of amides is 1. The van der Waals surface area contributed by atoms with E-state index in [1.54, 1.807) is 12.3 Å². The third-order valence-electron chi connectivity index (χ3n) is 3.53. The monoisotopic (exact) mass is 269 g/mol. The van der Waals surface area contributed by atoms with Crippen molar-refractivity contribution < 1.29 is 9.21 Å². The molecule has 0 N–H and O–H groups in total. The lowest BCUT2D eigenvalue weighted by atomic mass is 10.1. The van der Waals surface area contributed by atoms with Gasteiger partial charge in [0.15, 0.2) is 4.67 Å². The summed E-state index contributed by atoms with van der Waals surface area (Å²) in [5.74, 6) is 0.0967. The van der Waals surface area contributed by atoms with Gasteiger partial charge in [-0.1, -0.05) is 0 Å². The van der Waals surface area contributed by atoms with Gasteiger partial charge < -0.3 is 9.32 Å². The first-order chi connectivity index (χ1) is 7.20. The minimum Gasteiger partial charge on any atom is -0.457 e. The molecule has 80 valence electrons. The highest BCUT2D eigenvalue weighted by Crippen LogP contribution is 2.52. The smallest absolute Gasteiger partial charge is 0.258 e. The predicted molar refractivity (Wildman–Crippen MR) is 58.6 cm³/mol. The Labute approximate surface area is 96.6 Å². The number of rotatable bonds is 1. The molecular weight excluding hydrogens is 258 g/mol. The van der Waals surface area contributed by atoms with Gasteiger partial charge in [-0.25, -0.2) is 0 Å². The van der Waals surface area contributed by atoms with Crippen molar-refractivity contribution in [1.29, 1.82) is 0 Å². The molecule has 2 fully saturated rings. The van der Waals surface area contributed by atoms with Crippen LogP contribution in [-0.2, 0) is 0 Å². The second-order valence-electron chi connectivity index (χ2n) is 4.58. The fraction of sp³-hybridized carbons (Fsp3) is 0.545. The average Bonchev–Trinajstić information content (AvgIpc) is 2.65. The molecule has 1 amide bonds. The van der Waals surface area contributed by atoms with Gasteiger partial charge in [0.05, 0.1) is 11.8 Å². The van der Waals surface area contributed by atoms with Crippen LogP contribution in [0.25, 0.3) is 0 Å².